The summed E-state index contributed by atoms with van der Waals surface area (Å²) in [6.07, 6.45) is 4.19. The molecule has 180 valence electrons. The van der Waals surface area contributed by atoms with E-state index in [1.54, 1.807) is 24.3 Å². The van der Waals surface area contributed by atoms with E-state index in [9.17, 15) is 13.2 Å². The Morgan fingerprint density at radius 3 is 2.61 bits per heavy atom. The van der Waals surface area contributed by atoms with Crippen molar-refractivity contribution in [2.45, 2.75) is 31.1 Å². The van der Waals surface area contributed by atoms with E-state index in [4.69, 9.17) is 21.1 Å². The number of rotatable bonds is 14. The lowest BCUT2D eigenvalue weighted by atomic mass is 10.2. The fraction of sp³-hybridized carbons (Fsp3) is 0.375. The van der Waals surface area contributed by atoms with Gasteiger partial charge in [0.15, 0.2) is 0 Å². The van der Waals surface area contributed by atoms with Crippen molar-refractivity contribution >= 4 is 33.2 Å². The number of methoxy groups -OCH3 is 1. The quantitative estimate of drug-likeness (QED) is 0.305. The van der Waals surface area contributed by atoms with Crippen LogP contribution in [0.15, 0.2) is 60.0 Å². The van der Waals surface area contributed by atoms with Crippen LogP contribution in [0, 0.1) is 0 Å². The van der Waals surface area contributed by atoms with Crippen LogP contribution in [0.3, 0.4) is 0 Å². The Kier molecular flexibility index (Phi) is 10.7. The number of carbonyl (C=O) groups excluding carboxylic acids is 1. The van der Waals surface area contributed by atoms with Gasteiger partial charge in [-0.25, -0.2) is 8.42 Å². The van der Waals surface area contributed by atoms with Gasteiger partial charge in [-0.2, -0.15) is 0 Å². The van der Waals surface area contributed by atoms with Gasteiger partial charge in [0, 0.05) is 19.8 Å². The molecular weight excluding hydrogens is 464 g/mol. The number of unbranched alkanes of at least 4 members (excludes halogenated alkanes) is 1. The van der Waals surface area contributed by atoms with Gasteiger partial charge in [0.2, 0.25) is 0 Å². The van der Waals surface area contributed by atoms with Gasteiger partial charge >= 0.3 is 0 Å². The predicted molar refractivity (Wildman–Crippen MR) is 132 cm³/mol. The third-order valence-corrected chi connectivity index (χ3v) is 6.92. The van der Waals surface area contributed by atoms with Crippen molar-refractivity contribution in [1.29, 1.82) is 0 Å². The highest BCUT2D eigenvalue weighted by atomic mass is 35.5. The summed E-state index contributed by atoms with van der Waals surface area (Å²) in [6, 6.07) is 10.9. The van der Waals surface area contributed by atoms with Crippen molar-refractivity contribution in [2.24, 2.45) is 0 Å². The van der Waals surface area contributed by atoms with E-state index >= 15 is 0 Å². The highest BCUT2D eigenvalue weighted by Gasteiger charge is 2.27. The van der Waals surface area contributed by atoms with Gasteiger partial charge in [-0.1, -0.05) is 43.2 Å². The van der Waals surface area contributed by atoms with Crippen molar-refractivity contribution < 1.29 is 22.7 Å². The first-order chi connectivity index (χ1) is 15.9. The van der Waals surface area contributed by atoms with Crippen molar-refractivity contribution in [3.05, 3.63) is 65.7 Å². The average molecular weight is 495 g/mol. The molecule has 0 radical (unpaired) electrons. The summed E-state index contributed by atoms with van der Waals surface area (Å²) in [7, 11) is -2.57. The number of hydrogen-bond donors (Lipinski definition) is 1. The van der Waals surface area contributed by atoms with Crippen LogP contribution in [-0.2, 0) is 14.8 Å². The molecule has 1 amide bonds. The number of nitrogens with zero attached hydrogens (tertiary/aromatic N) is 1. The fourth-order valence-corrected chi connectivity index (χ4v) is 4.74. The van der Waals surface area contributed by atoms with Crippen LogP contribution in [0.2, 0.25) is 5.02 Å². The second kappa shape index (κ2) is 13.2. The molecule has 0 heterocycles. The average Bonchev–Trinajstić information content (AvgIpc) is 2.81. The standard InChI is InChI=1S/C24H31ClN2O5S/c1-4-6-16-32-17-9-14-26-24(28)20-18-19(12-13-21(20)25)33(29,30)27(15-5-2)22-10-7-8-11-23(22)31-3/h5,7-8,10-13,18H,2,4,6,9,14-17H2,1,3H3,(H,26,28). The molecule has 0 aromatic heterocycles. The normalized spacial score (nSPS) is 11.1. The van der Waals surface area contributed by atoms with E-state index in [-0.39, 0.29) is 22.0 Å². The molecule has 9 heteroatoms. The molecule has 0 unspecified atom stereocenters. The SMILES string of the molecule is C=CCN(c1ccccc1OC)S(=O)(=O)c1ccc(Cl)c(C(=O)NCCCOCCCC)c1. The maximum Gasteiger partial charge on any atom is 0.264 e. The first-order valence-corrected chi connectivity index (χ1v) is 12.6. The molecule has 0 aliphatic carbocycles. The second-order valence-corrected chi connectivity index (χ2v) is 9.48. The van der Waals surface area contributed by atoms with E-state index in [0.717, 1.165) is 12.8 Å². The summed E-state index contributed by atoms with van der Waals surface area (Å²) < 4.78 is 39.0. The minimum atomic E-state index is -4.04. The van der Waals surface area contributed by atoms with E-state index in [0.29, 0.717) is 37.6 Å². The first-order valence-electron chi connectivity index (χ1n) is 10.8. The minimum Gasteiger partial charge on any atom is -0.495 e. The molecule has 0 saturated carbocycles. The molecule has 0 atom stereocenters. The van der Waals surface area contributed by atoms with Crippen molar-refractivity contribution in [1.82, 2.24) is 5.32 Å². The number of nitrogens with one attached hydrogen (secondary N) is 1. The molecular formula is C24H31ClN2O5S. The van der Waals surface area contributed by atoms with Gasteiger partial charge in [0.25, 0.3) is 15.9 Å². The summed E-state index contributed by atoms with van der Waals surface area (Å²) >= 11 is 6.21. The molecule has 7 nitrogen and oxygen atoms in total. The van der Waals surface area contributed by atoms with Gasteiger partial charge in [-0.3, -0.25) is 9.10 Å². The zero-order valence-electron chi connectivity index (χ0n) is 19.1. The van der Waals surface area contributed by atoms with E-state index in [1.807, 2.05) is 0 Å². The van der Waals surface area contributed by atoms with Gasteiger partial charge in [0.1, 0.15) is 5.75 Å². The van der Waals surface area contributed by atoms with Crippen LogP contribution in [0.25, 0.3) is 0 Å². The fourth-order valence-electron chi connectivity index (χ4n) is 3.06. The topological polar surface area (TPSA) is 84.9 Å². The number of halogens is 1. The number of anilines is 1. The number of carbonyl (C=O) groups is 1. The number of sulfonamides is 1. The Hall–Kier alpha value is -2.55. The number of para-hydroxylation sites is 2. The summed E-state index contributed by atoms with van der Waals surface area (Å²) in [5, 5.41) is 2.93. The Morgan fingerprint density at radius 1 is 1.18 bits per heavy atom. The highest BCUT2D eigenvalue weighted by molar-refractivity contribution is 7.92. The maximum absolute atomic E-state index is 13.5. The number of amides is 1. The van der Waals surface area contributed by atoms with Gasteiger partial charge < -0.3 is 14.8 Å². The molecule has 2 aromatic carbocycles. The molecule has 0 fully saturated rings. The molecule has 0 spiro atoms. The molecule has 0 bridgehead atoms. The number of hydrogen-bond acceptors (Lipinski definition) is 5. The largest absolute Gasteiger partial charge is 0.495 e. The maximum atomic E-state index is 13.5. The van der Waals surface area contributed by atoms with Crippen LogP contribution in [0.1, 0.15) is 36.5 Å². The summed E-state index contributed by atoms with van der Waals surface area (Å²) in [5.74, 6) is -0.0471. The lowest BCUT2D eigenvalue weighted by molar-refractivity contribution is 0.0940. The number of benzene rings is 2. The first kappa shape index (κ1) is 26.7. The van der Waals surface area contributed by atoms with E-state index in [2.05, 4.69) is 18.8 Å². The monoisotopic (exact) mass is 494 g/mol. The predicted octanol–water partition coefficient (Wildman–Crippen LogP) is 4.67. The zero-order chi connectivity index (χ0) is 24.3. The lowest BCUT2D eigenvalue weighted by Gasteiger charge is -2.25. The Bertz CT molecular complexity index is 1040. The smallest absolute Gasteiger partial charge is 0.264 e. The lowest BCUT2D eigenvalue weighted by Crippen LogP contribution is -2.32. The molecule has 2 aromatic rings. The Balaban J connectivity index is 2.23. The molecule has 1 N–H and O–H groups in total. The molecule has 0 aliphatic heterocycles. The zero-order valence-corrected chi connectivity index (χ0v) is 20.6. The van der Waals surface area contributed by atoms with Gasteiger partial charge in [-0.05, 0) is 43.2 Å². The van der Waals surface area contributed by atoms with Crippen molar-refractivity contribution in [3.63, 3.8) is 0 Å². The van der Waals surface area contributed by atoms with Gasteiger partial charge in [-0.15, -0.1) is 6.58 Å². The highest BCUT2D eigenvalue weighted by Crippen LogP contribution is 2.33. The Labute approximate surface area is 201 Å². The Morgan fingerprint density at radius 2 is 1.91 bits per heavy atom. The third-order valence-electron chi connectivity index (χ3n) is 4.81. The van der Waals surface area contributed by atoms with Crippen molar-refractivity contribution in [3.8, 4) is 5.75 Å². The van der Waals surface area contributed by atoms with Gasteiger partial charge in [0.05, 0.1) is 34.8 Å². The second-order valence-electron chi connectivity index (χ2n) is 7.21. The van der Waals surface area contributed by atoms with Crippen LogP contribution in [0.5, 0.6) is 5.75 Å². The molecule has 0 saturated heterocycles. The number of ether oxygens (including phenoxy) is 2. The van der Waals surface area contributed by atoms with E-state index < -0.39 is 15.9 Å². The van der Waals surface area contributed by atoms with Crippen LogP contribution >= 0.6 is 11.6 Å². The minimum absolute atomic E-state index is 0.0187. The van der Waals surface area contributed by atoms with Crippen LogP contribution in [0.4, 0.5) is 5.69 Å². The summed E-state index contributed by atoms with van der Waals surface area (Å²) in [6.45, 7) is 7.41. The summed E-state index contributed by atoms with van der Waals surface area (Å²) in [5.41, 5.74) is 0.451. The summed E-state index contributed by atoms with van der Waals surface area (Å²) in [4.78, 5) is 12.6. The molecule has 33 heavy (non-hydrogen) atoms. The van der Waals surface area contributed by atoms with Crippen molar-refractivity contribution in [2.75, 3.05) is 37.7 Å². The molecule has 0 aliphatic rings. The van der Waals surface area contributed by atoms with Crippen LogP contribution in [-0.4, -0.2) is 47.7 Å². The van der Waals surface area contributed by atoms with E-state index in [1.165, 1.54) is 35.7 Å². The van der Waals surface area contributed by atoms with Crippen LogP contribution < -0.4 is 14.4 Å². The molecule has 2 rings (SSSR count). The third kappa shape index (κ3) is 7.22.